The largest absolute Gasteiger partial charge is 0.489 e. The summed E-state index contributed by atoms with van der Waals surface area (Å²) in [5.74, 6) is 5.37. The molecule has 3 aromatic rings. The van der Waals surface area contributed by atoms with E-state index in [4.69, 9.17) is 9.84 Å². The molecule has 1 aliphatic rings. The van der Waals surface area contributed by atoms with E-state index in [0.717, 1.165) is 22.3 Å². The number of hydrogen-bond acceptors (Lipinski definition) is 3. The van der Waals surface area contributed by atoms with Gasteiger partial charge in [0, 0.05) is 5.39 Å². The molecule has 154 valence electrons. The molecule has 2 aromatic carbocycles. The van der Waals surface area contributed by atoms with Gasteiger partial charge in [-0.2, -0.15) is 5.10 Å². The van der Waals surface area contributed by atoms with Crippen LogP contribution in [-0.4, -0.2) is 20.9 Å². The third-order valence-electron chi connectivity index (χ3n) is 5.72. The number of nitrogens with zero attached hydrogens (tertiary/aromatic N) is 2. The van der Waals surface area contributed by atoms with Gasteiger partial charge >= 0.3 is 5.97 Å². The number of fused-ring (bicyclic) bond motifs is 1. The third kappa shape index (κ3) is 4.49. The van der Waals surface area contributed by atoms with Gasteiger partial charge in [-0.05, 0) is 55.2 Å². The van der Waals surface area contributed by atoms with Crippen molar-refractivity contribution in [3.63, 3.8) is 0 Å². The van der Waals surface area contributed by atoms with Crippen molar-refractivity contribution in [2.45, 2.75) is 57.6 Å². The normalized spacial score (nSPS) is 15.0. The van der Waals surface area contributed by atoms with Crippen LogP contribution in [0.15, 0.2) is 48.7 Å². The quantitative estimate of drug-likeness (QED) is 0.544. The smallest absolute Gasteiger partial charge is 0.304 e. The predicted octanol–water partition coefficient (Wildman–Crippen LogP) is 5.31. The summed E-state index contributed by atoms with van der Waals surface area (Å²) in [5.41, 5.74) is 3.18. The fourth-order valence-electron chi connectivity index (χ4n) is 4.20. The maximum Gasteiger partial charge on any atom is 0.304 e. The molecule has 0 saturated heterocycles. The lowest BCUT2D eigenvalue weighted by atomic mass is 9.96. The number of rotatable bonds is 7. The summed E-state index contributed by atoms with van der Waals surface area (Å²) in [6.45, 7) is 2.19. The van der Waals surface area contributed by atoms with Crippen LogP contribution < -0.4 is 4.74 Å². The van der Waals surface area contributed by atoms with Crippen LogP contribution in [0.4, 0.5) is 0 Å². The molecule has 4 rings (SSSR count). The van der Waals surface area contributed by atoms with Gasteiger partial charge in [-0.15, -0.1) is 5.92 Å². The van der Waals surface area contributed by atoms with Crippen LogP contribution in [0.25, 0.3) is 10.9 Å². The average Bonchev–Trinajstić information content (AvgIpc) is 3.41. The molecule has 1 N–H and O–H groups in total. The number of carboxylic acids is 1. The second-order valence-electron chi connectivity index (χ2n) is 7.82. The van der Waals surface area contributed by atoms with Crippen molar-refractivity contribution in [2.24, 2.45) is 0 Å². The lowest BCUT2D eigenvalue weighted by Crippen LogP contribution is -2.06. The van der Waals surface area contributed by atoms with E-state index >= 15 is 0 Å². The highest BCUT2D eigenvalue weighted by molar-refractivity contribution is 5.79. The zero-order chi connectivity index (χ0) is 20.9. The van der Waals surface area contributed by atoms with E-state index < -0.39 is 5.97 Å². The molecule has 1 heterocycles. The summed E-state index contributed by atoms with van der Waals surface area (Å²) in [4.78, 5) is 11.1. The van der Waals surface area contributed by atoms with E-state index in [-0.39, 0.29) is 12.3 Å². The highest BCUT2D eigenvalue weighted by atomic mass is 16.5. The molecule has 1 atom stereocenters. The second-order valence-corrected chi connectivity index (χ2v) is 7.82. The molecule has 0 bridgehead atoms. The number of benzene rings is 2. The minimum absolute atomic E-state index is 0.00437. The first kappa shape index (κ1) is 20.0. The summed E-state index contributed by atoms with van der Waals surface area (Å²) in [6.07, 6.45) is 6.96. The van der Waals surface area contributed by atoms with Crippen LogP contribution >= 0.6 is 0 Å². The predicted molar refractivity (Wildman–Crippen MR) is 116 cm³/mol. The Morgan fingerprint density at radius 1 is 1.23 bits per heavy atom. The van der Waals surface area contributed by atoms with Crippen LogP contribution in [0.3, 0.4) is 0 Å². The van der Waals surface area contributed by atoms with E-state index in [9.17, 15) is 4.79 Å². The molecular weight excluding hydrogens is 376 g/mol. The molecule has 0 aliphatic heterocycles. The number of aromatic nitrogens is 2. The van der Waals surface area contributed by atoms with E-state index in [1.54, 1.807) is 6.92 Å². The molecule has 1 aromatic heterocycles. The van der Waals surface area contributed by atoms with Gasteiger partial charge in [-0.3, -0.25) is 9.48 Å². The topological polar surface area (TPSA) is 64.3 Å². The molecule has 0 amide bonds. The highest BCUT2D eigenvalue weighted by Crippen LogP contribution is 2.32. The van der Waals surface area contributed by atoms with Crippen molar-refractivity contribution >= 4 is 16.9 Å². The monoisotopic (exact) mass is 402 g/mol. The number of aliphatic carboxylic acids is 1. The van der Waals surface area contributed by atoms with Crippen molar-refractivity contribution in [3.8, 4) is 17.6 Å². The zero-order valence-corrected chi connectivity index (χ0v) is 17.2. The summed E-state index contributed by atoms with van der Waals surface area (Å²) >= 11 is 0. The molecular formula is C25H26N2O3. The minimum Gasteiger partial charge on any atom is -0.489 e. The van der Waals surface area contributed by atoms with Gasteiger partial charge < -0.3 is 9.84 Å². The zero-order valence-electron chi connectivity index (χ0n) is 17.2. The van der Waals surface area contributed by atoms with Crippen molar-refractivity contribution in [2.75, 3.05) is 0 Å². The van der Waals surface area contributed by atoms with Gasteiger partial charge in [0.1, 0.15) is 12.4 Å². The third-order valence-corrected chi connectivity index (χ3v) is 5.72. The second kappa shape index (κ2) is 9.04. The van der Waals surface area contributed by atoms with E-state index in [1.807, 2.05) is 30.5 Å². The number of carbonyl (C=O) groups is 1. The van der Waals surface area contributed by atoms with Gasteiger partial charge in [0.25, 0.3) is 0 Å². The van der Waals surface area contributed by atoms with Crippen LogP contribution in [0, 0.1) is 11.8 Å². The molecule has 0 radical (unpaired) electrons. The molecule has 5 heteroatoms. The Kier molecular flexibility index (Phi) is 6.04. The number of carboxylic acid groups (broad SMARTS) is 1. The standard InChI is InChI=1S/C25H26N2O3/c1-2-5-20(15-25(28)29)19-9-11-23(12-10-19)30-17-18-8-13-24-21(14-18)16-26-27(24)22-6-3-4-7-22/h8-14,16,20,22H,3-4,6-7,15,17H2,1H3,(H,28,29)/t20-/m0/s1. The van der Waals surface area contributed by atoms with Crippen molar-refractivity contribution in [1.82, 2.24) is 9.78 Å². The van der Waals surface area contributed by atoms with Gasteiger partial charge in [-0.25, -0.2) is 0 Å². The summed E-state index contributed by atoms with van der Waals surface area (Å²) in [7, 11) is 0. The molecule has 0 unspecified atom stereocenters. The van der Waals surface area contributed by atoms with E-state index in [2.05, 4.69) is 39.8 Å². The van der Waals surface area contributed by atoms with Crippen LogP contribution in [-0.2, 0) is 11.4 Å². The van der Waals surface area contributed by atoms with Crippen molar-refractivity contribution in [1.29, 1.82) is 0 Å². The Morgan fingerprint density at radius 3 is 2.70 bits per heavy atom. The number of ether oxygens (including phenoxy) is 1. The first-order valence-corrected chi connectivity index (χ1v) is 10.5. The van der Waals surface area contributed by atoms with Crippen molar-refractivity contribution in [3.05, 3.63) is 59.8 Å². The Labute approximate surface area is 176 Å². The molecule has 1 saturated carbocycles. The van der Waals surface area contributed by atoms with Gasteiger partial charge in [0.2, 0.25) is 0 Å². The molecule has 1 fully saturated rings. The maximum absolute atomic E-state index is 11.1. The molecule has 1 aliphatic carbocycles. The maximum atomic E-state index is 11.1. The Hall–Kier alpha value is -3.26. The Morgan fingerprint density at radius 2 is 2.00 bits per heavy atom. The van der Waals surface area contributed by atoms with Crippen LogP contribution in [0.5, 0.6) is 5.75 Å². The lowest BCUT2D eigenvalue weighted by molar-refractivity contribution is -0.137. The summed E-state index contributed by atoms with van der Waals surface area (Å²) < 4.78 is 8.12. The first-order valence-electron chi connectivity index (χ1n) is 10.5. The van der Waals surface area contributed by atoms with Gasteiger partial charge in [-0.1, -0.05) is 37.0 Å². The lowest BCUT2D eigenvalue weighted by Gasteiger charge is -2.12. The SMILES string of the molecule is CC#C[C@@H](CC(=O)O)c1ccc(OCc2ccc3c(cnn3C3CCCC3)c2)cc1. The highest BCUT2D eigenvalue weighted by Gasteiger charge is 2.19. The fraction of sp³-hybridized carbons (Fsp3) is 0.360. The fourth-order valence-corrected chi connectivity index (χ4v) is 4.20. The summed E-state index contributed by atoms with van der Waals surface area (Å²) in [5, 5.41) is 14.8. The Balaban J connectivity index is 1.42. The molecule has 5 nitrogen and oxygen atoms in total. The first-order chi connectivity index (χ1) is 14.6. The summed E-state index contributed by atoms with van der Waals surface area (Å²) in [6, 6.07) is 14.4. The van der Waals surface area contributed by atoms with Crippen LogP contribution in [0.1, 0.15) is 62.1 Å². The van der Waals surface area contributed by atoms with E-state index in [1.165, 1.54) is 31.2 Å². The minimum atomic E-state index is -0.852. The van der Waals surface area contributed by atoms with Crippen LogP contribution in [0.2, 0.25) is 0 Å². The van der Waals surface area contributed by atoms with Gasteiger partial charge in [0.05, 0.1) is 30.1 Å². The average molecular weight is 402 g/mol. The van der Waals surface area contributed by atoms with E-state index in [0.29, 0.717) is 12.6 Å². The van der Waals surface area contributed by atoms with Gasteiger partial charge in [0.15, 0.2) is 0 Å². The Bertz CT molecular complexity index is 1080. The molecule has 0 spiro atoms. The molecule has 30 heavy (non-hydrogen) atoms. The van der Waals surface area contributed by atoms with Crippen molar-refractivity contribution < 1.29 is 14.6 Å². The number of hydrogen-bond donors (Lipinski definition) is 1.